The lowest BCUT2D eigenvalue weighted by Crippen LogP contribution is -1.98. The van der Waals surface area contributed by atoms with Crippen LogP contribution in [0.4, 0.5) is 5.69 Å². The van der Waals surface area contributed by atoms with E-state index in [1.54, 1.807) is 18.2 Å². The van der Waals surface area contributed by atoms with E-state index >= 15 is 0 Å². The molecule has 0 saturated carbocycles. The molecule has 0 aliphatic heterocycles. The molecule has 0 N–H and O–H groups in total. The van der Waals surface area contributed by atoms with Crippen LogP contribution in [0.1, 0.15) is 11.5 Å². The molecule has 4 heteroatoms. The third kappa shape index (κ3) is 2.34. The van der Waals surface area contributed by atoms with Gasteiger partial charge < -0.3 is 4.74 Å². The lowest BCUT2D eigenvalue weighted by atomic mass is 9.99. The number of nitro groups is 1. The quantitative estimate of drug-likeness (QED) is 0.432. The second-order valence-corrected chi connectivity index (χ2v) is 3.02. The summed E-state index contributed by atoms with van der Waals surface area (Å²) in [6.45, 7) is 7.33. The first-order valence-corrected chi connectivity index (χ1v) is 4.38. The summed E-state index contributed by atoms with van der Waals surface area (Å²) in [5, 5.41) is 10.7. The molecule has 0 aromatic heterocycles. The van der Waals surface area contributed by atoms with Crippen LogP contribution in [-0.4, -0.2) is 12.0 Å². The van der Waals surface area contributed by atoms with E-state index in [0.717, 1.165) is 0 Å². The van der Waals surface area contributed by atoms with Crippen LogP contribution in [0.5, 0.6) is 5.75 Å². The molecule has 0 aliphatic carbocycles. The van der Waals surface area contributed by atoms with E-state index in [2.05, 4.69) is 13.5 Å². The highest BCUT2D eigenvalue weighted by Crippen LogP contribution is 2.30. The molecule has 1 rings (SSSR count). The summed E-state index contributed by atoms with van der Waals surface area (Å²) in [5.41, 5.74) is 0.546. The average molecular weight is 206 g/mol. The second-order valence-electron chi connectivity index (χ2n) is 3.02. The summed E-state index contributed by atoms with van der Waals surface area (Å²) >= 11 is 0. The van der Waals surface area contributed by atoms with E-state index in [1.807, 2.05) is 0 Å². The number of hydrogen-bond acceptors (Lipinski definition) is 3. The minimum absolute atomic E-state index is 0.0377. The van der Waals surface area contributed by atoms with Gasteiger partial charge in [0.05, 0.1) is 12.0 Å². The van der Waals surface area contributed by atoms with Crippen molar-refractivity contribution in [3.05, 3.63) is 53.5 Å². The molecule has 0 spiro atoms. The lowest BCUT2D eigenvalue weighted by Gasteiger charge is -2.08. The normalized spacial score (nSPS) is 11.9. The SMILES string of the molecule is [CH2]C(C=C)c1cc(OC)ccc1[N+](=O)[O-]. The number of methoxy groups -OCH3 is 1. The number of nitrogens with zero attached hydrogens (tertiary/aromatic N) is 1. The summed E-state index contributed by atoms with van der Waals surface area (Å²) in [7, 11) is 1.51. The number of allylic oxidation sites excluding steroid dienone is 1. The Hall–Kier alpha value is -1.84. The molecule has 0 fully saturated rings. The van der Waals surface area contributed by atoms with Crippen LogP contribution in [0.15, 0.2) is 30.9 Å². The van der Waals surface area contributed by atoms with Crippen LogP contribution in [-0.2, 0) is 0 Å². The van der Waals surface area contributed by atoms with Crippen molar-refractivity contribution in [2.24, 2.45) is 0 Å². The maximum Gasteiger partial charge on any atom is 0.273 e. The third-order valence-corrected chi connectivity index (χ3v) is 2.12. The van der Waals surface area contributed by atoms with Crippen molar-refractivity contribution < 1.29 is 9.66 Å². The Balaban J connectivity index is 3.28. The topological polar surface area (TPSA) is 52.4 Å². The highest BCUT2D eigenvalue weighted by molar-refractivity contribution is 5.48. The fraction of sp³-hybridized carbons (Fsp3) is 0.182. The van der Waals surface area contributed by atoms with E-state index in [0.29, 0.717) is 11.3 Å². The molecule has 1 radical (unpaired) electrons. The number of rotatable bonds is 4. The van der Waals surface area contributed by atoms with Gasteiger partial charge in [-0.2, -0.15) is 0 Å². The molecule has 1 unspecified atom stereocenters. The van der Waals surface area contributed by atoms with Crippen molar-refractivity contribution in [1.82, 2.24) is 0 Å². The minimum Gasteiger partial charge on any atom is -0.497 e. The van der Waals surface area contributed by atoms with Crippen LogP contribution < -0.4 is 4.74 Å². The smallest absolute Gasteiger partial charge is 0.273 e. The minimum atomic E-state index is -0.434. The van der Waals surface area contributed by atoms with Crippen molar-refractivity contribution in [3.8, 4) is 5.75 Å². The van der Waals surface area contributed by atoms with Gasteiger partial charge in [-0.15, -0.1) is 6.58 Å². The van der Waals surface area contributed by atoms with Crippen LogP contribution in [0, 0.1) is 17.0 Å². The highest BCUT2D eigenvalue weighted by atomic mass is 16.6. The fourth-order valence-corrected chi connectivity index (χ4v) is 1.25. The van der Waals surface area contributed by atoms with E-state index in [4.69, 9.17) is 4.74 Å². The zero-order valence-corrected chi connectivity index (χ0v) is 8.47. The van der Waals surface area contributed by atoms with Gasteiger partial charge in [0.25, 0.3) is 5.69 Å². The zero-order valence-electron chi connectivity index (χ0n) is 8.47. The van der Waals surface area contributed by atoms with Gasteiger partial charge in [0.2, 0.25) is 0 Å². The third-order valence-electron chi connectivity index (χ3n) is 2.12. The molecule has 0 amide bonds. The molecule has 0 heterocycles. The molecule has 79 valence electrons. The monoisotopic (exact) mass is 206 g/mol. The summed E-state index contributed by atoms with van der Waals surface area (Å²) < 4.78 is 5.00. The van der Waals surface area contributed by atoms with Crippen LogP contribution in [0.25, 0.3) is 0 Å². The number of ether oxygens (including phenoxy) is 1. The van der Waals surface area contributed by atoms with Crippen molar-refractivity contribution in [2.45, 2.75) is 5.92 Å². The van der Waals surface area contributed by atoms with Crippen molar-refractivity contribution >= 4 is 5.69 Å². The van der Waals surface area contributed by atoms with E-state index in [-0.39, 0.29) is 11.6 Å². The number of hydrogen-bond donors (Lipinski definition) is 0. The largest absolute Gasteiger partial charge is 0.497 e. The van der Waals surface area contributed by atoms with Crippen molar-refractivity contribution in [1.29, 1.82) is 0 Å². The van der Waals surface area contributed by atoms with Gasteiger partial charge in [-0.25, -0.2) is 0 Å². The Kier molecular flexibility index (Phi) is 3.44. The molecule has 0 aliphatic rings. The lowest BCUT2D eigenvalue weighted by molar-refractivity contribution is -0.385. The fourth-order valence-electron chi connectivity index (χ4n) is 1.25. The number of benzene rings is 1. The second kappa shape index (κ2) is 4.59. The first-order valence-electron chi connectivity index (χ1n) is 4.38. The molecule has 1 aromatic rings. The van der Waals surface area contributed by atoms with Crippen molar-refractivity contribution in [3.63, 3.8) is 0 Å². The predicted octanol–water partition coefficient (Wildman–Crippen LogP) is 2.71. The van der Waals surface area contributed by atoms with Crippen LogP contribution in [0.3, 0.4) is 0 Å². The maximum atomic E-state index is 10.7. The molecule has 0 bridgehead atoms. The molecule has 15 heavy (non-hydrogen) atoms. The molecular formula is C11H12NO3. The van der Waals surface area contributed by atoms with E-state index in [1.165, 1.54) is 13.2 Å². The van der Waals surface area contributed by atoms with Gasteiger partial charge in [-0.3, -0.25) is 10.1 Å². The van der Waals surface area contributed by atoms with Gasteiger partial charge in [-0.1, -0.05) is 6.08 Å². The average Bonchev–Trinajstić information content (AvgIpc) is 2.26. The van der Waals surface area contributed by atoms with Gasteiger partial charge in [0.15, 0.2) is 0 Å². The Morgan fingerprint density at radius 3 is 2.73 bits per heavy atom. The molecule has 1 atom stereocenters. The summed E-state index contributed by atoms with van der Waals surface area (Å²) in [6, 6.07) is 4.57. The van der Waals surface area contributed by atoms with Gasteiger partial charge in [0, 0.05) is 17.5 Å². The first kappa shape index (κ1) is 11.2. The van der Waals surface area contributed by atoms with Gasteiger partial charge in [-0.05, 0) is 19.1 Å². The number of nitro benzene ring substituents is 1. The Morgan fingerprint density at radius 2 is 2.27 bits per heavy atom. The molecule has 0 saturated heterocycles. The Morgan fingerprint density at radius 1 is 1.60 bits per heavy atom. The summed E-state index contributed by atoms with van der Waals surface area (Å²) in [6.07, 6.45) is 1.56. The predicted molar refractivity (Wildman–Crippen MR) is 57.9 cm³/mol. The summed E-state index contributed by atoms with van der Waals surface area (Å²) in [4.78, 5) is 10.3. The first-order chi connectivity index (χ1) is 7.10. The summed E-state index contributed by atoms with van der Waals surface area (Å²) in [5.74, 6) is 0.256. The Labute approximate surface area is 88.3 Å². The standard InChI is InChI=1S/C11H12NO3/c1-4-8(2)10-7-9(15-3)5-6-11(10)12(13)14/h4-8H,1-2H2,3H3. The molecule has 1 aromatic carbocycles. The van der Waals surface area contributed by atoms with Gasteiger partial charge >= 0.3 is 0 Å². The van der Waals surface area contributed by atoms with Crippen LogP contribution in [0.2, 0.25) is 0 Å². The maximum absolute atomic E-state index is 10.7. The van der Waals surface area contributed by atoms with Gasteiger partial charge in [0.1, 0.15) is 5.75 Å². The zero-order chi connectivity index (χ0) is 11.4. The Bertz CT molecular complexity index is 387. The van der Waals surface area contributed by atoms with Crippen LogP contribution >= 0.6 is 0 Å². The molecular weight excluding hydrogens is 194 g/mol. The van der Waals surface area contributed by atoms with Crippen molar-refractivity contribution in [2.75, 3.05) is 7.11 Å². The van der Waals surface area contributed by atoms with E-state index in [9.17, 15) is 10.1 Å². The van der Waals surface area contributed by atoms with E-state index < -0.39 is 4.92 Å². The molecule has 4 nitrogen and oxygen atoms in total. The highest BCUT2D eigenvalue weighted by Gasteiger charge is 2.17.